The van der Waals surface area contributed by atoms with Gasteiger partial charge in [0.2, 0.25) is 11.8 Å². The van der Waals surface area contributed by atoms with Crippen molar-refractivity contribution in [2.75, 3.05) is 41.2 Å². The Morgan fingerprint density at radius 3 is 2.13 bits per heavy atom. The molecule has 13 heteroatoms. The van der Waals surface area contributed by atoms with Gasteiger partial charge in [0.15, 0.2) is 11.5 Å². The van der Waals surface area contributed by atoms with Gasteiger partial charge in [-0.15, -0.1) is 0 Å². The van der Waals surface area contributed by atoms with Crippen LogP contribution in [-0.2, 0) is 35.0 Å². The number of hydrogen-bond acceptors (Lipinski definition) is 10. The number of carbonyl (C=O) groups is 4. The lowest BCUT2D eigenvalue weighted by atomic mass is 9.94. The summed E-state index contributed by atoms with van der Waals surface area (Å²) in [6.07, 6.45) is 0.174. The van der Waals surface area contributed by atoms with Crippen molar-refractivity contribution < 1.29 is 42.6 Å². The van der Waals surface area contributed by atoms with E-state index in [1.54, 1.807) is 32.0 Å². The minimum atomic E-state index is -1.18. The Morgan fingerprint density at radius 2 is 1.59 bits per heavy atom. The van der Waals surface area contributed by atoms with Gasteiger partial charge in [-0.3, -0.25) is 19.2 Å². The summed E-state index contributed by atoms with van der Waals surface area (Å²) in [4.78, 5) is 52.1. The molecule has 212 valence electrons. The monoisotopic (exact) mass is 546 g/mol. The number of aryl methyl sites for hydroxylation is 1. The molecular weight excluding hydrogens is 512 g/mol. The number of methoxy groups -OCH3 is 3. The van der Waals surface area contributed by atoms with E-state index >= 15 is 0 Å². The molecule has 0 aliphatic carbocycles. The molecule has 3 amide bonds. The Labute approximate surface area is 225 Å². The SMILES string of the molecule is COCC(NC(=O)c1cc(C)on1)C(=O)NC(COC)C(=O)NC(Cc1cccc(OC)c1)C(=O)C1(C)CO1. The van der Waals surface area contributed by atoms with E-state index in [2.05, 4.69) is 21.1 Å². The fourth-order valence-corrected chi connectivity index (χ4v) is 3.81. The molecule has 0 radical (unpaired) electrons. The number of ketones is 1. The number of aromatic nitrogens is 1. The Bertz CT molecular complexity index is 1180. The van der Waals surface area contributed by atoms with Crippen LogP contribution in [0.1, 0.15) is 28.7 Å². The van der Waals surface area contributed by atoms with Gasteiger partial charge in [-0.05, 0) is 38.0 Å². The van der Waals surface area contributed by atoms with E-state index in [4.69, 9.17) is 23.5 Å². The lowest BCUT2D eigenvalue weighted by Crippen LogP contribution is -2.59. The van der Waals surface area contributed by atoms with Gasteiger partial charge >= 0.3 is 0 Å². The molecular formula is C26H34N4O9. The number of ether oxygens (including phenoxy) is 4. The van der Waals surface area contributed by atoms with Crippen LogP contribution in [0.5, 0.6) is 5.75 Å². The summed E-state index contributed by atoms with van der Waals surface area (Å²) in [5.74, 6) is -1.27. The van der Waals surface area contributed by atoms with Crippen LogP contribution in [0.15, 0.2) is 34.9 Å². The lowest BCUT2D eigenvalue weighted by Gasteiger charge is -2.25. The molecule has 0 saturated carbocycles. The van der Waals surface area contributed by atoms with Crippen molar-refractivity contribution in [2.45, 2.75) is 44.0 Å². The second kappa shape index (κ2) is 13.3. The largest absolute Gasteiger partial charge is 0.497 e. The molecule has 2 heterocycles. The average molecular weight is 547 g/mol. The molecule has 1 aromatic carbocycles. The van der Waals surface area contributed by atoms with Crippen molar-refractivity contribution in [1.29, 1.82) is 0 Å². The van der Waals surface area contributed by atoms with Gasteiger partial charge in [0.05, 0.1) is 33.0 Å². The number of nitrogens with zero attached hydrogens (tertiary/aromatic N) is 1. The minimum Gasteiger partial charge on any atom is -0.497 e. The van der Waals surface area contributed by atoms with Gasteiger partial charge < -0.3 is 39.4 Å². The van der Waals surface area contributed by atoms with Crippen molar-refractivity contribution in [3.63, 3.8) is 0 Å². The Hall–Kier alpha value is -3.81. The molecule has 1 fully saturated rings. The summed E-state index contributed by atoms with van der Waals surface area (Å²) < 4.78 is 25.7. The standard InChI is InChI=1S/C26H34N4O9/c1-15-9-19(30-39-15)23(32)28-21(13-36-4)25(34)29-20(12-35-3)24(33)27-18(22(31)26(2)14-38-26)11-16-7-6-8-17(10-16)37-5/h6-10,18,20-21H,11-14H2,1-5H3,(H,27,33)(H,28,32)(H,29,34). The second-order valence-electron chi connectivity index (χ2n) is 9.32. The Morgan fingerprint density at radius 1 is 0.974 bits per heavy atom. The molecule has 1 aliphatic heterocycles. The van der Waals surface area contributed by atoms with E-state index in [0.717, 1.165) is 5.56 Å². The number of amides is 3. The molecule has 3 N–H and O–H groups in total. The van der Waals surface area contributed by atoms with Crippen molar-refractivity contribution in [1.82, 2.24) is 21.1 Å². The highest BCUT2D eigenvalue weighted by Crippen LogP contribution is 2.29. The van der Waals surface area contributed by atoms with Crippen LogP contribution in [-0.4, -0.2) is 93.5 Å². The first-order chi connectivity index (χ1) is 18.6. The van der Waals surface area contributed by atoms with Crippen molar-refractivity contribution >= 4 is 23.5 Å². The van der Waals surface area contributed by atoms with Gasteiger partial charge in [0.25, 0.3) is 5.91 Å². The maximum atomic E-state index is 13.3. The summed E-state index contributed by atoms with van der Waals surface area (Å²) in [7, 11) is 4.26. The number of epoxide rings is 1. The van der Waals surface area contributed by atoms with Gasteiger partial charge in [-0.25, -0.2) is 0 Å². The molecule has 1 aliphatic rings. The number of hydrogen-bond donors (Lipinski definition) is 3. The fraction of sp³-hybridized carbons (Fsp3) is 0.500. The summed E-state index contributed by atoms with van der Waals surface area (Å²) in [6.45, 7) is 3.16. The van der Waals surface area contributed by atoms with Crippen LogP contribution in [0.2, 0.25) is 0 Å². The third kappa shape index (κ3) is 8.09. The fourth-order valence-electron chi connectivity index (χ4n) is 3.81. The predicted octanol–water partition coefficient (Wildman–Crippen LogP) is -0.0469. The van der Waals surface area contributed by atoms with Crippen LogP contribution in [0.3, 0.4) is 0 Å². The summed E-state index contributed by atoms with van der Waals surface area (Å²) in [6, 6.07) is 5.28. The Balaban J connectivity index is 1.73. The molecule has 2 aromatic rings. The van der Waals surface area contributed by atoms with Crippen LogP contribution < -0.4 is 20.7 Å². The maximum Gasteiger partial charge on any atom is 0.274 e. The highest BCUT2D eigenvalue weighted by molar-refractivity contribution is 5.99. The topological polar surface area (TPSA) is 171 Å². The molecule has 4 unspecified atom stereocenters. The van der Waals surface area contributed by atoms with E-state index in [9.17, 15) is 19.2 Å². The molecule has 1 aromatic heterocycles. The molecule has 0 bridgehead atoms. The van der Waals surface area contributed by atoms with Gasteiger partial charge in [0.1, 0.15) is 29.2 Å². The maximum absolute atomic E-state index is 13.3. The summed E-state index contributed by atoms with van der Waals surface area (Å²) >= 11 is 0. The number of rotatable bonds is 15. The molecule has 13 nitrogen and oxygen atoms in total. The predicted molar refractivity (Wildman–Crippen MR) is 136 cm³/mol. The zero-order chi connectivity index (χ0) is 28.6. The van der Waals surface area contributed by atoms with Crippen molar-refractivity contribution in [3.05, 3.63) is 47.3 Å². The van der Waals surface area contributed by atoms with E-state index in [-0.39, 0.29) is 37.7 Å². The first-order valence-corrected chi connectivity index (χ1v) is 12.2. The number of carbonyl (C=O) groups excluding carboxylic acids is 4. The first-order valence-electron chi connectivity index (χ1n) is 12.2. The smallest absolute Gasteiger partial charge is 0.274 e. The average Bonchev–Trinajstić information content (AvgIpc) is 3.52. The third-order valence-electron chi connectivity index (χ3n) is 6.09. The van der Waals surface area contributed by atoms with Crippen LogP contribution >= 0.6 is 0 Å². The highest BCUT2D eigenvalue weighted by atomic mass is 16.6. The van der Waals surface area contributed by atoms with Gasteiger partial charge in [-0.1, -0.05) is 17.3 Å². The molecule has 39 heavy (non-hydrogen) atoms. The summed E-state index contributed by atoms with van der Waals surface area (Å²) in [5, 5.41) is 11.4. The Kier molecular flexibility index (Phi) is 10.2. The molecule has 4 atom stereocenters. The van der Waals surface area contributed by atoms with Crippen LogP contribution in [0.4, 0.5) is 0 Å². The second-order valence-corrected chi connectivity index (χ2v) is 9.32. The van der Waals surface area contributed by atoms with E-state index in [0.29, 0.717) is 11.5 Å². The molecule has 0 spiro atoms. The first kappa shape index (κ1) is 29.7. The van der Waals surface area contributed by atoms with E-state index in [1.807, 2.05) is 6.07 Å². The van der Waals surface area contributed by atoms with E-state index < -0.39 is 41.4 Å². The zero-order valence-electron chi connectivity index (χ0n) is 22.6. The number of Topliss-reactive ketones (excluding diaryl/α,β-unsaturated/α-hetero) is 1. The lowest BCUT2D eigenvalue weighted by molar-refractivity contribution is -0.134. The zero-order valence-corrected chi connectivity index (χ0v) is 22.6. The van der Waals surface area contributed by atoms with Crippen molar-refractivity contribution in [2.24, 2.45) is 0 Å². The number of benzene rings is 1. The number of nitrogens with one attached hydrogen (secondary N) is 3. The normalized spacial score (nSPS) is 18.4. The summed E-state index contributed by atoms with van der Waals surface area (Å²) in [5.41, 5.74) is -0.248. The van der Waals surface area contributed by atoms with Crippen molar-refractivity contribution in [3.8, 4) is 5.75 Å². The van der Waals surface area contributed by atoms with Gasteiger partial charge in [0, 0.05) is 20.3 Å². The van der Waals surface area contributed by atoms with Crippen LogP contribution in [0.25, 0.3) is 0 Å². The third-order valence-corrected chi connectivity index (χ3v) is 6.09. The van der Waals surface area contributed by atoms with Crippen LogP contribution in [0, 0.1) is 6.92 Å². The molecule has 3 rings (SSSR count). The quantitative estimate of drug-likeness (QED) is 0.257. The molecule has 1 saturated heterocycles. The minimum absolute atomic E-state index is 0.0118. The van der Waals surface area contributed by atoms with E-state index in [1.165, 1.54) is 27.4 Å². The highest BCUT2D eigenvalue weighted by Gasteiger charge is 2.50. The van der Waals surface area contributed by atoms with Gasteiger partial charge in [-0.2, -0.15) is 0 Å².